The Labute approximate surface area is 112 Å². The molecule has 0 saturated carbocycles. The maximum absolute atomic E-state index is 11.2. The smallest absolute Gasteiger partial charge is 0.338 e. The number of rotatable bonds is 6. The molecule has 1 N–H and O–H groups in total. The second kappa shape index (κ2) is 6.75. The minimum atomic E-state index is -0.893. The lowest BCUT2D eigenvalue weighted by Crippen LogP contribution is -2.13. The SMILES string of the molecule is Cc1cc(C)c(C(=O)O)c(SCCCN(C)C)n1. The predicted octanol–water partition coefficient (Wildman–Crippen LogP) is 2.44. The van der Waals surface area contributed by atoms with Crippen LogP contribution < -0.4 is 0 Å². The van der Waals surface area contributed by atoms with Crippen molar-refractivity contribution >= 4 is 17.7 Å². The summed E-state index contributed by atoms with van der Waals surface area (Å²) >= 11 is 1.53. The fourth-order valence-corrected chi connectivity index (χ4v) is 2.78. The van der Waals surface area contributed by atoms with E-state index < -0.39 is 5.97 Å². The Bertz CT molecular complexity index is 433. The van der Waals surface area contributed by atoms with Crippen LogP contribution in [0.25, 0.3) is 0 Å². The fourth-order valence-electron chi connectivity index (χ4n) is 1.72. The first-order valence-corrected chi connectivity index (χ1v) is 6.89. The number of aryl methyl sites for hydroxylation is 2. The Morgan fingerprint density at radius 1 is 1.44 bits per heavy atom. The van der Waals surface area contributed by atoms with Crippen LogP contribution in [-0.2, 0) is 0 Å². The number of thioether (sulfide) groups is 1. The molecule has 5 heteroatoms. The Kier molecular flexibility index (Phi) is 5.62. The van der Waals surface area contributed by atoms with E-state index in [1.165, 1.54) is 11.8 Å². The van der Waals surface area contributed by atoms with Crippen molar-refractivity contribution in [2.45, 2.75) is 25.3 Å². The molecule has 100 valence electrons. The van der Waals surface area contributed by atoms with Crippen LogP contribution in [0.15, 0.2) is 11.1 Å². The van der Waals surface area contributed by atoms with Gasteiger partial charge < -0.3 is 10.0 Å². The van der Waals surface area contributed by atoms with Gasteiger partial charge in [-0.05, 0) is 52.5 Å². The van der Waals surface area contributed by atoms with E-state index >= 15 is 0 Å². The fraction of sp³-hybridized carbons (Fsp3) is 0.538. The molecule has 1 rings (SSSR count). The zero-order valence-corrected chi connectivity index (χ0v) is 12.2. The van der Waals surface area contributed by atoms with Crippen molar-refractivity contribution in [2.24, 2.45) is 0 Å². The van der Waals surface area contributed by atoms with Gasteiger partial charge in [-0.1, -0.05) is 0 Å². The molecule has 0 aliphatic carbocycles. The van der Waals surface area contributed by atoms with Gasteiger partial charge in [0.25, 0.3) is 0 Å². The molecule has 0 aliphatic rings. The minimum Gasteiger partial charge on any atom is -0.478 e. The maximum atomic E-state index is 11.2. The lowest BCUT2D eigenvalue weighted by Gasteiger charge is -2.11. The summed E-state index contributed by atoms with van der Waals surface area (Å²) in [4.78, 5) is 17.7. The van der Waals surface area contributed by atoms with Gasteiger partial charge in [0.1, 0.15) is 5.03 Å². The van der Waals surface area contributed by atoms with Crippen molar-refractivity contribution in [1.82, 2.24) is 9.88 Å². The van der Waals surface area contributed by atoms with Crippen molar-refractivity contribution < 1.29 is 9.90 Å². The molecule has 4 nitrogen and oxygen atoms in total. The largest absolute Gasteiger partial charge is 0.478 e. The van der Waals surface area contributed by atoms with E-state index in [-0.39, 0.29) is 0 Å². The highest BCUT2D eigenvalue weighted by atomic mass is 32.2. The van der Waals surface area contributed by atoms with E-state index in [0.29, 0.717) is 10.6 Å². The van der Waals surface area contributed by atoms with Crippen molar-refractivity contribution in [1.29, 1.82) is 0 Å². The standard InChI is InChI=1S/C13H20N2O2S/c1-9-8-10(2)14-12(11(9)13(16)17)18-7-5-6-15(3)4/h8H,5-7H2,1-4H3,(H,16,17). The number of aromatic carboxylic acids is 1. The molecule has 0 amide bonds. The Morgan fingerprint density at radius 2 is 2.11 bits per heavy atom. The van der Waals surface area contributed by atoms with Crippen LogP contribution in [0.2, 0.25) is 0 Å². The highest BCUT2D eigenvalue weighted by molar-refractivity contribution is 7.99. The van der Waals surface area contributed by atoms with Crippen LogP contribution in [0.5, 0.6) is 0 Å². The summed E-state index contributed by atoms with van der Waals surface area (Å²) in [6.45, 7) is 4.71. The Morgan fingerprint density at radius 3 is 2.67 bits per heavy atom. The molecule has 0 bridgehead atoms. The molecule has 0 unspecified atom stereocenters. The van der Waals surface area contributed by atoms with E-state index in [4.69, 9.17) is 0 Å². The number of carbonyl (C=O) groups is 1. The van der Waals surface area contributed by atoms with Crippen LogP contribution in [0.3, 0.4) is 0 Å². The summed E-state index contributed by atoms with van der Waals surface area (Å²) in [5, 5.41) is 9.86. The Hall–Kier alpha value is -1.07. The molecular weight excluding hydrogens is 248 g/mol. The van der Waals surface area contributed by atoms with Gasteiger partial charge in [0.15, 0.2) is 0 Å². The summed E-state index contributed by atoms with van der Waals surface area (Å²) in [5.74, 6) is -0.0101. The lowest BCUT2D eigenvalue weighted by atomic mass is 10.1. The summed E-state index contributed by atoms with van der Waals surface area (Å²) < 4.78 is 0. The zero-order valence-electron chi connectivity index (χ0n) is 11.4. The maximum Gasteiger partial charge on any atom is 0.338 e. The van der Waals surface area contributed by atoms with E-state index in [2.05, 4.69) is 9.88 Å². The number of hydrogen-bond donors (Lipinski definition) is 1. The van der Waals surface area contributed by atoms with Crippen LogP contribution >= 0.6 is 11.8 Å². The number of pyridine rings is 1. The van der Waals surface area contributed by atoms with Crippen LogP contribution in [0.4, 0.5) is 0 Å². The molecule has 0 aromatic carbocycles. The van der Waals surface area contributed by atoms with Gasteiger partial charge in [-0.25, -0.2) is 9.78 Å². The molecule has 0 atom stereocenters. The van der Waals surface area contributed by atoms with Crippen molar-refractivity contribution in [3.05, 3.63) is 22.9 Å². The van der Waals surface area contributed by atoms with E-state index in [0.717, 1.165) is 30.0 Å². The number of nitrogens with zero attached hydrogens (tertiary/aromatic N) is 2. The molecule has 0 saturated heterocycles. The van der Waals surface area contributed by atoms with Gasteiger partial charge in [-0.3, -0.25) is 0 Å². The number of carboxylic acid groups (broad SMARTS) is 1. The number of carboxylic acids is 1. The number of hydrogen-bond acceptors (Lipinski definition) is 4. The normalized spacial score (nSPS) is 10.9. The quantitative estimate of drug-likeness (QED) is 0.634. The Balaban J connectivity index is 2.77. The first kappa shape index (κ1) is 15.0. The minimum absolute atomic E-state index is 0.343. The second-order valence-corrected chi connectivity index (χ2v) is 5.65. The third kappa shape index (κ3) is 4.31. The summed E-state index contributed by atoms with van der Waals surface area (Å²) in [6.07, 6.45) is 1.02. The van der Waals surface area contributed by atoms with Gasteiger partial charge in [0.05, 0.1) is 5.56 Å². The first-order valence-electron chi connectivity index (χ1n) is 5.91. The predicted molar refractivity (Wildman–Crippen MR) is 74.6 cm³/mol. The molecule has 0 aliphatic heterocycles. The molecule has 1 aromatic rings. The van der Waals surface area contributed by atoms with Crippen molar-refractivity contribution in [3.63, 3.8) is 0 Å². The third-order valence-corrected chi connectivity index (χ3v) is 3.58. The summed E-state index contributed by atoms with van der Waals surface area (Å²) in [7, 11) is 4.06. The summed E-state index contributed by atoms with van der Waals surface area (Å²) in [6, 6.07) is 1.81. The molecule has 0 spiro atoms. The monoisotopic (exact) mass is 268 g/mol. The third-order valence-electron chi connectivity index (χ3n) is 2.51. The van der Waals surface area contributed by atoms with Crippen molar-refractivity contribution in [3.8, 4) is 0 Å². The van der Waals surface area contributed by atoms with E-state index in [9.17, 15) is 9.90 Å². The van der Waals surface area contributed by atoms with Crippen molar-refractivity contribution in [2.75, 3.05) is 26.4 Å². The van der Waals surface area contributed by atoms with Crippen LogP contribution in [0, 0.1) is 13.8 Å². The molecule has 0 radical (unpaired) electrons. The van der Waals surface area contributed by atoms with Gasteiger partial charge in [-0.15, -0.1) is 11.8 Å². The topological polar surface area (TPSA) is 53.4 Å². The average molecular weight is 268 g/mol. The van der Waals surface area contributed by atoms with Gasteiger partial charge >= 0.3 is 5.97 Å². The van der Waals surface area contributed by atoms with Crippen LogP contribution in [-0.4, -0.2) is 47.4 Å². The van der Waals surface area contributed by atoms with E-state index in [1.54, 1.807) is 0 Å². The van der Waals surface area contributed by atoms with Crippen LogP contribution in [0.1, 0.15) is 28.0 Å². The average Bonchev–Trinajstić information content (AvgIpc) is 2.22. The molecule has 0 fully saturated rings. The molecule has 1 aromatic heterocycles. The van der Waals surface area contributed by atoms with Gasteiger partial charge in [0.2, 0.25) is 0 Å². The first-order chi connectivity index (χ1) is 8.41. The molecular formula is C13H20N2O2S. The van der Waals surface area contributed by atoms with E-state index in [1.807, 2.05) is 34.0 Å². The molecule has 18 heavy (non-hydrogen) atoms. The zero-order chi connectivity index (χ0) is 13.7. The highest BCUT2D eigenvalue weighted by Crippen LogP contribution is 2.24. The second-order valence-electron chi connectivity index (χ2n) is 4.57. The molecule has 1 heterocycles. The highest BCUT2D eigenvalue weighted by Gasteiger charge is 2.15. The van der Waals surface area contributed by atoms with Gasteiger partial charge in [-0.2, -0.15) is 0 Å². The summed E-state index contributed by atoms with van der Waals surface area (Å²) in [5.41, 5.74) is 1.99. The number of aromatic nitrogens is 1. The lowest BCUT2D eigenvalue weighted by molar-refractivity contribution is 0.0691. The van der Waals surface area contributed by atoms with Gasteiger partial charge in [0, 0.05) is 11.4 Å².